The van der Waals surface area contributed by atoms with Crippen LogP contribution < -0.4 is 10.1 Å². The average Bonchev–Trinajstić information content (AvgIpc) is 2.43. The molecule has 1 amide bonds. The zero-order valence-electron chi connectivity index (χ0n) is 10.7. The highest BCUT2D eigenvalue weighted by atomic mass is 32.1. The minimum absolute atomic E-state index is 0.114. The molecule has 0 radical (unpaired) electrons. The Hall–Kier alpha value is -2.01. The monoisotopic (exact) mass is 291 g/mol. The molecule has 0 fully saturated rings. The topological polar surface area (TPSA) is 38.3 Å². The first-order valence-electron chi connectivity index (χ1n) is 6.12. The molecule has 0 spiro atoms. The molecule has 0 atom stereocenters. The number of thiol groups is 1. The highest BCUT2D eigenvalue weighted by Crippen LogP contribution is 2.26. The fourth-order valence-electron chi connectivity index (χ4n) is 1.60. The average molecular weight is 291 g/mol. The Balaban J connectivity index is 2.08. The smallest absolute Gasteiger partial charge is 0.225 e. The lowest BCUT2D eigenvalue weighted by atomic mass is 10.2. The van der Waals surface area contributed by atoms with Gasteiger partial charge >= 0.3 is 0 Å². The van der Waals surface area contributed by atoms with Gasteiger partial charge < -0.3 is 10.1 Å². The van der Waals surface area contributed by atoms with Crippen LogP contribution in [0.15, 0.2) is 48.5 Å². The Kier molecular flexibility index (Phi) is 5.01. The second-order valence-corrected chi connectivity index (χ2v) is 4.53. The molecule has 104 valence electrons. The number of amides is 1. The Morgan fingerprint density at radius 1 is 1.20 bits per heavy atom. The van der Waals surface area contributed by atoms with E-state index < -0.39 is 5.82 Å². The van der Waals surface area contributed by atoms with Crippen LogP contribution in [0.5, 0.6) is 11.5 Å². The molecule has 0 saturated heterocycles. The summed E-state index contributed by atoms with van der Waals surface area (Å²) < 4.78 is 19.3. The lowest BCUT2D eigenvalue weighted by Gasteiger charge is -2.09. The van der Waals surface area contributed by atoms with Crippen molar-refractivity contribution in [2.24, 2.45) is 0 Å². The SMILES string of the molecule is O=C(CCS)Nc1ccc(Oc2ccccc2)c(F)c1. The Morgan fingerprint density at radius 2 is 1.95 bits per heavy atom. The number of halogens is 1. The second-order valence-electron chi connectivity index (χ2n) is 4.08. The molecular formula is C15H14FNO2S. The molecule has 0 saturated carbocycles. The van der Waals surface area contributed by atoms with Crippen molar-refractivity contribution in [1.29, 1.82) is 0 Å². The Labute approximate surface area is 122 Å². The number of nitrogens with one attached hydrogen (secondary N) is 1. The molecule has 3 nitrogen and oxygen atoms in total. The van der Waals surface area contributed by atoms with E-state index in [0.717, 1.165) is 0 Å². The molecule has 20 heavy (non-hydrogen) atoms. The molecule has 2 aromatic carbocycles. The molecule has 0 aliphatic heterocycles. The van der Waals surface area contributed by atoms with Crippen molar-refractivity contribution < 1.29 is 13.9 Å². The van der Waals surface area contributed by atoms with Gasteiger partial charge in [-0.05, 0) is 30.0 Å². The first-order valence-corrected chi connectivity index (χ1v) is 6.75. The summed E-state index contributed by atoms with van der Waals surface area (Å²) in [6, 6.07) is 13.2. The van der Waals surface area contributed by atoms with Crippen molar-refractivity contribution in [2.45, 2.75) is 6.42 Å². The number of anilines is 1. The maximum absolute atomic E-state index is 13.9. The summed E-state index contributed by atoms with van der Waals surface area (Å²) in [5.41, 5.74) is 0.398. The normalized spacial score (nSPS) is 10.1. The van der Waals surface area contributed by atoms with Gasteiger partial charge in [0.2, 0.25) is 5.91 Å². The lowest BCUT2D eigenvalue weighted by molar-refractivity contribution is -0.115. The van der Waals surface area contributed by atoms with Crippen molar-refractivity contribution in [3.8, 4) is 11.5 Å². The quantitative estimate of drug-likeness (QED) is 0.821. The molecule has 0 aliphatic carbocycles. The van der Waals surface area contributed by atoms with Gasteiger partial charge in [0.15, 0.2) is 11.6 Å². The van der Waals surface area contributed by atoms with Crippen LogP contribution in [0.1, 0.15) is 6.42 Å². The molecule has 0 bridgehead atoms. The van der Waals surface area contributed by atoms with Gasteiger partial charge in [0.1, 0.15) is 5.75 Å². The summed E-state index contributed by atoms with van der Waals surface area (Å²) in [5, 5.41) is 2.59. The Bertz CT molecular complexity index is 590. The van der Waals surface area contributed by atoms with Crippen LogP contribution in [0.2, 0.25) is 0 Å². The fourth-order valence-corrected chi connectivity index (χ4v) is 1.80. The number of hydrogen-bond donors (Lipinski definition) is 2. The van der Waals surface area contributed by atoms with Crippen molar-refractivity contribution in [1.82, 2.24) is 0 Å². The van der Waals surface area contributed by atoms with Gasteiger partial charge in [0.05, 0.1) is 0 Å². The van der Waals surface area contributed by atoms with Crippen molar-refractivity contribution >= 4 is 24.2 Å². The molecule has 0 aromatic heterocycles. The summed E-state index contributed by atoms with van der Waals surface area (Å²) in [7, 11) is 0. The molecular weight excluding hydrogens is 277 g/mol. The number of carbonyl (C=O) groups is 1. The third-order valence-corrected chi connectivity index (χ3v) is 2.75. The van der Waals surface area contributed by atoms with E-state index >= 15 is 0 Å². The van der Waals surface area contributed by atoms with Gasteiger partial charge in [-0.2, -0.15) is 12.6 Å². The van der Waals surface area contributed by atoms with E-state index in [-0.39, 0.29) is 18.1 Å². The maximum atomic E-state index is 13.9. The van der Waals surface area contributed by atoms with E-state index in [9.17, 15) is 9.18 Å². The van der Waals surface area contributed by atoms with Crippen LogP contribution in [0.3, 0.4) is 0 Å². The van der Waals surface area contributed by atoms with Crippen molar-refractivity contribution in [3.05, 3.63) is 54.3 Å². The molecule has 5 heteroatoms. The van der Waals surface area contributed by atoms with E-state index in [0.29, 0.717) is 17.2 Å². The van der Waals surface area contributed by atoms with Crippen LogP contribution in [0.25, 0.3) is 0 Å². The number of para-hydroxylation sites is 1. The highest BCUT2D eigenvalue weighted by Gasteiger charge is 2.08. The fraction of sp³-hybridized carbons (Fsp3) is 0.133. The maximum Gasteiger partial charge on any atom is 0.225 e. The number of hydrogen-bond acceptors (Lipinski definition) is 3. The van der Waals surface area contributed by atoms with E-state index in [1.165, 1.54) is 12.1 Å². The zero-order valence-corrected chi connectivity index (χ0v) is 11.6. The minimum atomic E-state index is -0.530. The van der Waals surface area contributed by atoms with Gasteiger partial charge in [-0.3, -0.25) is 4.79 Å². The third kappa shape index (κ3) is 3.99. The number of carbonyl (C=O) groups excluding carboxylic acids is 1. The van der Waals surface area contributed by atoms with Gasteiger partial charge in [-0.1, -0.05) is 18.2 Å². The van der Waals surface area contributed by atoms with Crippen LogP contribution in [0.4, 0.5) is 10.1 Å². The van der Waals surface area contributed by atoms with Crippen LogP contribution >= 0.6 is 12.6 Å². The van der Waals surface area contributed by atoms with E-state index in [4.69, 9.17) is 4.74 Å². The van der Waals surface area contributed by atoms with Gasteiger partial charge in [-0.15, -0.1) is 0 Å². The summed E-state index contributed by atoms with van der Waals surface area (Å²) >= 11 is 3.96. The Morgan fingerprint density at radius 3 is 2.60 bits per heavy atom. The third-order valence-electron chi connectivity index (χ3n) is 2.53. The molecule has 2 aromatic rings. The van der Waals surface area contributed by atoms with E-state index in [1.807, 2.05) is 6.07 Å². The summed E-state index contributed by atoms with van der Waals surface area (Å²) in [4.78, 5) is 11.4. The molecule has 1 N–H and O–H groups in total. The lowest BCUT2D eigenvalue weighted by Crippen LogP contribution is -2.11. The standard InChI is InChI=1S/C15H14FNO2S/c16-13-10-11(17-15(18)8-9-20)6-7-14(13)19-12-4-2-1-3-5-12/h1-7,10,20H,8-9H2,(H,17,18). The second kappa shape index (κ2) is 6.96. The molecule has 0 aliphatic rings. The summed E-state index contributed by atoms with van der Waals surface area (Å²) in [6.07, 6.45) is 0.285. The predicted octanol–water partition coefficient (Wildman–Crippen LogP) is 3.88. The van der Waals surface area contributed by atoms with Gasteiger partial charge in [-0.25, -0.2) is 4.39 Å². The highest BCUT2D eigenvalue weighted by molar-refractivity contribution is 7.80. The minimum Gasteiger partial charge on any atom is -0.454 e. The van der Waals surface area contributed by atoms with Gasteiger partial charge in [0.25, 0.3) is 0 Å². The van der Waals surface area contributed by atoms with Crippen molar-refractivity contribution in [3.63, 3.8) is 0 Å². The number of ether oxygens (including phenoxy) is 1. The van der Waals surface area contributed by atoms with Crippen molar-refractivity contribution in [2.75, 3.05) is 11.1 Å². The van der Waals surface area contributed by atoms with E-state index in [1.54, 1.807) is 30.3 Å². The number of rotatable bonds is 5. The molecule has 0 unspecified atom stereocenters. The van der Waals surface area contributed by atoms with Crippen LogP contribution in [-0.4, -0.2) is 11.7 Å². The first-order chi connectivity index (χ1) is 9.69. The van der Waals surface area contributed by atoms with Crippen LogP contribution in [-0.2, 0) is 4.79 Å². The summed E-state index contributed by atoms with van der Waals surface area (Å²) in [5.74, 6) is 0.388. The largest absolute Gasteiger partial charge is 0.454 e. The molecule has 2 rings (SSSR count). The predicted molar refractivity (Wildman–Crippen MR) is 80.0 cm³/mol. The van der Waals surface area contributed by atoms with Crippen LogP contribution in [0, 0.1) is 5.82 Å². The first kappa shape index (κ1) is 14.4. The molecule has 0 heterocycles. The van der Waals surface area contributed by atoms with Gasteiger partial charge in [0, 0.05) is 18.2 Å². The number of benzene rings is 2. The summed E-state index contributed by atoms with van der Waals surface area (Å²) in [6.45, 7) is 0. The zero-order chi connectivity index (χ0) is 14.4. The van der Waals surface area contributed by atoms with E-state index in [2.05, 4.69) is 17.9 Å².